The van der Waals surface area contributed by atoms with Crippen LogP contribution in [0.4, 0.5) is 5.69 Å². The summed E-state index contributed by atoms with van der Waals surface area (Å²) in [5, 5.41) is 0. The third-order valence-corrected chi connectivity index (χ3v) is 3.51. The van der Waals surface area contributed by atoms with Gasteiger partial charge in [0.15, 0.2) is 0 Å². The van der Waals surface area contributed by atoms with Crippen LogP contribution in [0.3, 0.4) is 0 Å². The maximum atomic E-state index is 5.80. The van der Waals surface area contributed by atoms with Crippen LogP contribution in [-0.2, 0) is 0 Å². The number of allylic oxidation sites excluding steroid dienone is 5. The molecule has 0 saturated heterocycles. The molecule has 0 fully saturated rings. The summed E-state index contributed by atoms with van der Waals surface area (Å²) in [4.78, 5) is 0. The molecule has 108 valence electrons. The van der Waals surface area contributed by atoms with E-state index >= 15 is 0 Å². The van der Waals surface area contributed by atoms with Crippen molar-refractivity contribution in [3.63, 3.8) is 0 Å². The van der Waals surface area contributed by atoms with Gasteiger partial charge in [-0.15, -0.1) is 0 Å². The summed E-state index contributed by atoms with van der Waals surface area (Å²) in [6, 6.07) is 8.27. The zero-order valence-electron chi connectivity index (χ0n) is 12.8. The van der Waals surface area contributed by atoms with Gasteiger partial charge in [0.2, 0.25) is 0 Å². The van der Waals surface area contributed by atoms with E-state index in [1.165, 1.54) is 36.8 Å². The molecular formula is C19H27N. The van der Waals surface area contributed by atoms with Crippen molar-refractivity contribution in [2.24, 2.45) is 0 Å². The molecule has 0 bridgehead atoms. The average molecular weight is 269 g/mol. The Morgan fingerprint density at radius 1 is 1.25 bits per heavy atom. The lowest BCUT2D eigenvalue weighted by Gasteiger charge is -2.19. The molecule has 1 nitrogen and oxygen atoms in total. The normalized spacial score (nSPS) is 13.6. The minimum atomic E-state index is 0.427. The summed E-state index contributed by atoms with van der Waals surface area (Å²) in [5.41, 5.74) is 9.28. The van der Waals surface area contributed by atoms with E-state index < -0.39 is 0 Å². The lowest BCUT2D eigenvalue weighted by molar-refractivity contribution is 0.618. The minimum Gasteiger partial charge on any atom is -0.399 e. The van der Waals surface area contributed by atoms with E-state index in [9.17, 15) is 0 Å². The van der Waals surface area contributed by atoms with Gasteiger partial charge < -0.3 is 5.73 Å². The predicted molar refractivity (Wildman–Crippen MR) is 90.8 cm³/mol. The van der Waals surface area contributed by atoms with Crippen LogP contribution in [0.1, 0.15) is 51.0 Å². The number of hydrogen-bond donors (Lipinski definition) is 1. The van der Waals surface area contributed by atoms with Crippen LogP contribution in [0.2, 0.25) is 0 Å². The molecule has 20 heavy (non-hydrogen) atoms. The first kappa shape index (κ1) is 16.3. The van der Waals surface area contributed by atoms with E-state index in [0.29, 0.717) is 5.92 Å². The highest BCUT2D eigenvalue weighted by atomic mass is 14.5. The van der Waals surface area contributed by atoms with Crippen molar-refractivity contribution in [1.82, 2.24) is 0 Å². The average Bonchev–Trinajstić information content (AvgIpc) is 2.45. The molecule has 0 saturated carbocycles. The van der Waals surface area contributed by atoms with Gasteiger partial charge in [0.05, 0.1) is 0 Å². The molecule has 1 rings (SSSR count). The molecule has 0 radical (unpaired) electrons. The second kappa shape index (κ2) is 9.19. The maximum absolute atomic E-state index is 5.80. The van der Waals surface area contributed by atoms with Gasteiger partial charge in [-0.3, -0.25) is 0 Å². The van der Waals surface area contributed by atoms with Crippen molar-refractivity contribution >= 4 is 5.69 Å². The lowest BCUT2D eigenvalue weighted by Crippen LogP contribution is -2.02. The van der Waals surface area contributed by atoms with Crippen LogP contribution in [0.5, 0.6) is 0 Å². The van der Waals surface area contributed by atoms with Crippen molar-refractivity contribution in [2.45, 2.75) is 45.4 Å². The van der Waals surface area contributed by atoms with Crippen molar-refractivity contribution in [1.29, 1.82) is 0 Å². The van der Waals surface area contributed by atoms with Gasteiger partial charge in [-0.1, -0.05) is 69.2 Å². The molecule has 0 aliphatic heterocycles. The molecule has 2 N–H and O–H groups in total. The van der Waals surface area contributed by atoms with Crippen LogP contribution < -0.4 is 5.73 Å². The van der Waals surface area contributed by atoms with Crippen molar-refractivity contribution in [2.75, 3.05) is 5.73 Å². The first-order chi connectivity index (χ1) is 9.72. The standard InChI is InChI=1S/C19H27N/c1-4-7-8-11-19(16(9-5-2)10-6-3)17-12-14-18(20)15-13-17/h5-6,9-10,12-15,19H,2,4,7-8,11,20H2,1,3H3/b10-6-,16-9+. The van der Waals surface area contributed by atoms with Gasteiger partial charge in [-0.05, 0) is 36.6 Å². The molecule has 0 aliphatic rings. The summed E-state index contributed by atoms with van der Waals surface area (Å²) >= 11 is 0. The highest BCUT2D eigenvalue weighted by Crippen LogP contribution is 2.31. The molecule has 1 aromatic carbocycles. The Morgan fingerprint density at radius 2 is 1.95 bits per heavy atom. The Bertz CT molecular complexity index is 451. The Labute approximate surface area is 123 Å². The van der Waals surface area contributed by atoms with E-state index in [4.69, 9.17) is 5.73 Å². The summed E-state index contributed by atoms with van der Waals surface area (Å²) in [7, 11) is 0. The zero-order valence-corrected chi connectivity index (χ0v) is 12.8. The van der Waals surface area contributed by atoms with Crippen molar-refractivity contribution < 1.29 is 0 Å². The van der Waals surface area contributed by atoms with Crippen LogP contribution >= 0.6 is 0 Å². The Balaban J connectivity index is 3.02. The fraction of sp³-hybridized carbons (Fsp3) is 0.368. The van der Waals surface area contributed by atoms with E-state index in [-0.39, 0.29) is 0 Å². The number of hydrogen-bond acceptors (Lipinski definition) is 1. The zero-order chi connectivity index (χ0) is 14.8. The smallest absolute Gasteiger partial charge is 0.0314 e. The quantitative estimate of drug-likeness (QED) is 0.370. The molecule has 0 heterocycles. The maximum Gasteiger partial charge on any atom is 0.0314 e. The summed E-state index contributed by atoms with van der Waals surface area (Å²) in [6.07, 6.45) is 13.2. The van der Waals surface area contributed by atoms with Gasteiger partial charge in [0.1, 0.15) is 0 Å². The second-order valence-electron chi connectivity index (χ2n) is 5.12. The first-order valence-electron chi connectivity index (χ1n) is 7.53. The number of rotatable bonds is 8. The molecule has 0 aliphatic carbocycles. The Hall–Kier alpha value is -1.76. The third kappa shape index (κ3) is 5.08. The SMILES string of the molecule is C=C/C=C(\C=C/C)C(CCCCC)c1ccc(N)cc1. The molecule has 1 unspecified atom stereocenters. The number of anilines is 1. The van der Waals surface area contributed by atoms with Gasteiger partial charge in [0.25, 0.3) is 0 Å². The molecule has 0 spiro atoms. The fourth-order valence-electron chi connectivity index (χ4n) is 2.47. The molecule has 1 aromatic rings. The summed E-state index contributed by atoms with van der Waals surface area (Å²) in [5.74, 6) is 0.427. The van der Waals surface area contributed by atoms with Gasteiger partial charge in [-0.2, -0.15) is 0 Å². The van der Waals surface area contributed by atoms with Gasteiger partial charge in [0, 0.05) is 11.6 Å². The number of benzene rings is 1. The molecule has 1 atom stereocenters. The highest BCUT2D eigenvalue weighted by molar-refractivity contribution is 5.44. The van der Waals surface area contributed by atoms with E-state index in [1.807, 2.05) is 18.2 Å². The Kier molecular flexibility index (Phi) is 7.49. The first-order valence-corrected chi connectivity index (χ1v) is 7.53. The number of nitrogen functional groups attached to an aromatic ring is 1. The molecule has 0 amide bonds. The second-order valence-corrected chi connectivity index (χ2v) is 5.12. The monoisotopic (exact) mass is 269 g/mol. The third-order valence-electron chi connectivity index (χ3n) is 3.51. The largest absolute Gasteiger partial charge is 0.399 e. The number of nitrogens with two attached hydrogens (primary N) is 1. The van der Waals surface area contributed by atoms with E-state index in [0.717, 1.165) is 5.69 Å². The van der Waals surface area contributed by atoms with Crippen LogP contribution in [-0.4, -0.2) is 0 Å². The predicted octanol–water partition coefficient (Wildman–Crippen LogP) is 5.62. The molecule has 1 heteroatoms. The molecular weight excluding hydrogens is 242 g/mol. The van der Waals surface area contributed by atoms with Gasteiger partial charge >= 0.3 is 0 Å². The summed E-state index contributed by atoms with van der Waals surface area (Å²) in [6.45, 7) is 8.14. The summed E-state index contributed by atoms with van der Waals surface area (Å²) < 4.78 is 0. The fourth-order valence-corrected chi connectivity index (χ4v) is 2.47. The van der Waals surface area contributed by atoms with Crippen molar-refractivity contribution in [3.8, 4) is 0 Å². The van der Waals surface area contributed by atoms with Crippen LogP contribution in [0, 0.1) is 0 Å². The van der Waals surface area contributed by atoms with E-state index in [2.05, 4.69) is 50.8 Å². The van der Waals surface area contributed by atoms with Crippen LogP contribution in [0.15, 0.2) is 60.7 Å². The van der Waals surface area contributed by atoms with E-state index in [1.54, 1.807) is 0 Å². The minimum absolute atomic E-state index is 0.427. The van der Waals surface area contributed by atoms with Gasteiger partial charge in [-0.25, -0.2) is 0 Å². The molecule has 0 aromatic heterocycles. The highest BCUT2D eigenvalue weighted by Gasteiger charge is 2.14. The number of unbranched alkanes of at least 4 members (excludes halogenated alkanes) is 2. The van der Waals surface area contributed by atoms with Crippen LogP contribution in [0.25, 0.3) is 0 Å². The topological polar surface area (TPSA) is 26.0 Å². The Morgan fingerprint density at radius 3 is 2.50 bits per heavy atom. The van der Waals surface area contributed by atoms with Crippen molar-refractivity contribution in [3.05, 3.63) is 66.3 Å². The lowest BCUT2D eigenvalue weighted by atomic mass is 9.86.